The first kappa shape index (κ1) is 7.28. The molecule has 3 heteroatoms. The van der Waals surface area contributed by atoms with Crippen LogP contribution in [0.25, 0.3) is 0 Å². The molecule has 0 radical (unpaired) electrons. The molecule has 2 bridgehead atoms. The summed E-state index contributed by atoms with van der Waals surface area (Å²) in [5.41, 5.74) is 0. The lowest BCUT2D eigenvalue weighted by Gasteiger charge is -2.19. The highest BCUT2D eigenvalue weighted by atomic mass is 16.6. The van der Waals surface area contributed by atoms with Crippen molar-refractivity contribution in [3.05, 3.63) is 12.2 Å². The zero-order valence-corrected chi connectivity index (χ0v) is 6.43. The number of aliphatic hydroxyl groups excluding tert-OH is 1. The highest BCUT2D eigenvalue weighted by Gasteiger charge is 2.40. The van der Waals surface area contributed by atoms with Gasteiger partial charge in [-0.1, -0.05) is 12.2 Å². The molecule has 4 atom stereocenters. The van der Waals surface area contributed by atoms with Gasteiger partial charge < -0.3 is 14.6 Å². The summed E-state index contributed by atoms with van der Waals surface area (Å²) in [6.45, 7) is 0. The van der Waals surface area contributed by atoms with Crippen LogP contribution >= 0.6 is 0 Å². The second kappa shape index (κ2) is 2.59. The molecule has 0 aliphatic carbocycles. The van der Waals surface area contributed by atoms with Crippen LogP contribution in [0.1, 0.15) is 6.42 Å². The van der Waals surface area contributed by atoms with E-state index in [1.807, 2.05) is 12.2 Å². The predicted molar refractivity (Wildman–Crippen MR) is 38.9 cm³/mol. The molecule has 1 N–H and O–H groups in total. The SMILES string of the molecule is COC(O)C1CC2C=CC1O2. The Morgan fingerprint density at radius 3 is 2.91 bits per heavy atom. The molecule has 3 nitrogen and oxygen atoms in total. The molecule has 0 aromatic rings. The van der Waals surface area contributed by atoms with E-state index in [0.717, 1.165) is 6.42 Å². The first-order chi connectivity index (χ1) is 5.31. The summed E-state index contributed by atoms with van der Waals surface area (Å²) in [7, 11) is 1.51. The molecule has 62 valence electrons. The van der Waals surface area contributed by atoms with E-state index in [2.05, 4.69) is 0 Å². The van der Waals surface area contributed by atoms with Gasteiger partial charge >= 0.3 is 0 Å². The van der Waals surface area contributed by atoms with Gasteiger partial charge in [-0.25, -0.2) is 0 Å². The molecule has 11 heavy (non-hydrogen) atoms. The Hall–Kier alpha value is -0.380. The van der Waals surface area contributed by atoms with Crippen molar-refractivity contribution < 1.29 is 14.6 Å². The minimum Gasteiger partial charge on any atom is -0.368 e. The number of methoxy groups -OCH3 is 1. The van der Waals surface area contributed by atoms with Crippen molar-refractivity contribution in [2.75, 3.05) is 7.11 Å². The topological polar surface area (TPSA) is 38.7 Å². The van der Waals surface area contributed by atoms with Crippen molar-refractivity contribution in [2.45, 2.75) is 24.9 Å². The van der Waals surface area contributed by atoms with Gasteiger partial charge in [0, 0.05) is 13.0 Å². The Labute approximate surface area is 65.6 Å². The van der Waals surface area contributed by atoms with E-state index < -0.39 is 6.29 Å². The largest absolute Gasteiger partial charge is 0.368 e. The van der Waals surface area contributed by atoms with Crippen LogP contribution in [0.3, 0.4) is 0 Å². The summed E-state index contributed by atoms with van der Waals surface area (Å²) in [6.07, 6.45) is 4.56. The summed E-state index contributed by atoms with van der Waals surface area (Å²) in [4.78, 5) is 0. The van der Waals surface area contributed by atoms with Crippen molar-refractivity contribution in [3.8, 4) is 0 Å². The van der Waals surface area contributed by atoms with Gasteiger partial charge in [-0.3, -0.25) is 0 Å². The molecule has 4 unspecified atom stereocenters. The van der Waals surface area contributed by atoms with Crippen LogP contribution in [0.2, 0.25) is 0 Å². The number of hydrogen-bond donors (Lipinski definition) is 1. The van der Waals surface area contributed by atoms with Crippen LogP contribution in [0.5, 0.6) is 0 Å². The third-order valence-electron chi connectivity index (χ3n) is 2.38. The Kier molecular flexibility index (Phi) is 1.71. The minimum atomic E-state index is -0.671. The number of hydrogen-bond acceptors (Lipinski definition) is 3. The van der Waals surface area contributed by atoms with Crippen molar-refractivity contribution in [1.29, 1.82) is 0 Å². The average Bonchev–Trinajstić information content (AvgIpc) is 2.62. The van der Waals surface area contributed by atoms with E-state index in [0.29, 0.717) is 0 Å². The normalized spacial score (nSPS) is 43.3. The zero-order chi connectivity index (χ0) is 7.84. The molecule has 0 saturated carbocycles. The molecular formula is C8H12O3. The maximum atomic E-state index is 9.34. The van der Waals surface area contributed by atoms with Gasteiger partial charge in [-0.05, 0) is 6.42 Å². The van der Waals surface area contributed by atoms with Gasteiger partial charge in [0.1, 0.15) is 0 Å². The fraction of sp³-hybridized carbons (Fsp3) is 0.750. The highest BCUT2D eigenvalue weighted by molar-refractivity contribution is 5.11. The predicted octanol–water partition coefficient (Wildman–Crippen LogP) is 0.295. The Bertz CT molecular complexity index is 178. The first-order valence-electron chi connectivity index (χ1n) is 3.86. The number of ether oxygens (including phenoxy) is 2. The highest BCUT2D eigenvalue weighted by Crippen LogP contribution is 2.35. The van der Waals surface area contributed by atoms with Crippen LogP contribution in [0, 0.1) is 5.92 Å². The van der Waals surface area contributed by atoms with Crippen LogP contribution in [0.4, 0.5) is 0 Å². The first-order valence-corrected chi connectivity index (χ1v) is 3.86. The fourth-order valence-electron chi connectivity index (χ4n) is 1.76. The van der Waals surface area contributed by atoms with Gasteiger partial charge in [0.2, 0.25) is 0 Å². The summed E-state index contributed by atoms with van der Waals surface area (Å²) in [5, 5.41) is 9.34. The van der Waals surface area contributed by atoms with Gasteiger partial charge in [-0.15, -0.1) is 0 Å². The summed E-state index contributed by atoms with van der Waals surface area (Å²) >= 11 is 0. The Balaban J connectivity index is 2.02. The zero-order valence-electron chi connectivity index (χ0n) is 6.43. The van der Waals surface area contributed by atoms with Crippen LogP contribution in [0.15, 0.2) is 12.2 Å². The summed E-state index contributed by atoms with van der Waals surface area (Å²) in [5.74, 6) is 0.134. The van der Waals surface area contributed by atoms with Gasteiger partial charge in [0.05, 0.1) is 12.2 Å². The third kappa shape index (κ3) is 1.09. The molecule has 0 aromatic heterocycles. The molecule has 0 amide bonds. The molecule has 1 saturated heterocycles. The Morgan fingerprint density at radius 2 is 2.45 bits per heavy atom. The molecule has 1 fully saturated rings. The van der Waals surface area contributed by atoms with Crippen LogP contribution < -0.4 is 0 Å². The monoisotopic (exact) mass is 156 g/mol. The van der Waals surface area contributed by atoms with E-state index in [4.69, 9.17) is 9.47 Å². The van der Waals surface area contributed by atoms with E-state index in [1.165, 1.54) is 7.11 Å². The number of rotatable bonds is 2. The molecule has 2 rings (SSSR count). The maximum Gasteiger partial charge on any atom is 0.159 e. The maximum absolute atomic E-state index is 9.34. The van der Waals surface area contributed by atoms with Gasteiger partial charge in [0.25, 0.3) is 0 Å². The molecular weight excluding hydrogens is 144 g/mol. The Morgan fingerprint density at radius 1 is 1.64 bits per heavy atom. The third-order valence-corrected chi connectivity index (χ3v) is 2.38. The molecule has 0 aromatic carbocycles. The van der Waals surface area contributed by atoms with Crippen molar-refractivity contribution in [3.63, 3.8) is 0 Å². The summed E-state index contributed by atoms with van der Waals surface area (Å²) < 4.78 is 10.3. The second-order valence-electron chi connectivity index (χ2n) is 3.05. The van der Waals surface area contributed by atoms with E-state index in [9.17, 15) is 5.11 Å². The number of fused-ring (bicyclic) bond motifs is 2. The van der Waals surface area contributed by atoms with Crippen LogP contribution in [-0.4, -0.2) is 30.7 Å². The second-order valence-corrected chi connectivity index (χ2v) is 3.05. The smallest absolute Gasteiger partial charge is 0.159 e. The van der Waals surface area contributed by atoms with Gasteiger partial charge in [0.15, 0.2) is 6.29 Å². The lowest BCUT2D eigenvalue weighted by molar-refractivity contribution is -0.120. The lowest BCUT2D eigenvalue weighted by atomic mass is 9.94. The van der Waals surface area contributed by atoms with Crippen molar-refractivity contribution >= 4 is 0 Å². The van der Waals surface area contributed by atoms with Crippen LogP contribution in [-0.2, 0) is 9.47 Å². The van der Waals surface area contributed by atoms with E-state index in [-0.39, 0.29) is 18.1 Å². The lowest BCUT2D eigenvalue weighted by Crippen LogP contribution is -2.28. The van der Waals surface area contributed by atoms with Crippen molar-refractivity contribution in [1.82, 2.24) is 0 Å². The van der Waals surface area contributed by atoms with E-state index >= 15 is 0 Å². The molecule has 0 spiro atoms. The molecule has 2 aliphatic rings. The average molecular weight is 156 g/mol. The molecule has 2 heterocycles. The fourth-order valence-corrected chi connectivity index (χ4v) is 1.76. The van der Waals surface area contributed by atoms with E-state index in [1.54, 1.807) is 0 Å². The van der Waals surface area contributed by atoms with Crippen molar-refractivity contribution in [2.24, 2.45) is 5.92 Å². The minimum absolute atomic E-state index is 0.0787. The summed E-state index contributed by atoms with van der Waals surface area (Å²) in [6, 6.07) is 0. The van der Waals surface area contributed by atoms with Gasteiger partial charge in [-0.2, -0.15) is 0 Å². The standard InChI is InChI=1S/C8H12O3/c1-10-8(9)6-4-5-2-3-7(6)11-5/h2-3,5-9H,4H2,1H3. The molecule has 2 aliphatic heterocycles. The quantitative estimate of drug-likeness (QED) is 0.461. The number of aliphatic hydroxyl groups is 1.